The highest BCUT2D eigenvalue weighted by Gasteiger charge is 2.13. The van der Waals surface area contributed by atoms with Crippen molar-refractivity contribution in [1.82, 2.24) is 5.32 Å². The van der Waals surface area contributed by atoms with Crippen molar-refractivity contribution < 1.29 is 0 Å². The lowest BCUT2D eigenvalue weighted by Crippen LogP contribution is -2.24. The smallest absolute Gasteiger partial charge is 0.00175 e. The molecule has 1 nitrogen and oxygen atoms in total. The zero-order chi connectivity index (χ0) is 11.4. The minimum absolute atomic E-state index is 0.643. The van der Waals surface area contributed by atoms with Gasteiger partial charge in [0.2, 0.25) is 0 Å². The first-order valence-electron chi connectivity index (χ1n) is 6.56. The number of rotatable bonds is 0. The molecule has 1 heteroatoms. The molecule has 88 valence electrons. The third-order valence-corrected chi connectivity index (χ3v) is 3.76. The highest BCUT2D eigenvalue weighted by atomic mass is 14.9. The van der Waals surface area contributed by atoms with Crippen LogP contribution in [0.2, 0.25) is 0 Å². The van der Waals surface area contributed by atoms with Crippen molar-refractivity contribution in [2.24, 2.45) is 5.92 Å². The van der Waals surface area contributed by atoms with Gasteiger partial charge in [-0.15, -0.1) is 0 Å². The van der Waals surface area contributed by atoms with Crippen molar-refractivity contribution in [3.63, 3.8) is 0 Å². The summed E-state index contributed by atoms with van der Waals surface area (Å²) >= 11 is 0. The fraction of sp³-hybridized carbons (Fsp3) is 0.600. The van der Waals surface area contributed by atoms with E-state index in [4.69, 9.17) is 0 Å². The third kappa shape index (κ3) is 2.85. The molecule has 0 saturated heterocycles. The molecule has 0 radical (unpaired) electrons. The summed E-state index contributed by atoms with van der Waals surface area (Å²) < 4.78 is 0. The molecule has 16 heavy (non-hydrogen) atoms. The van der Waals surface area contributed by atoms with E-state index >= 15 is 0 Å². The highest BCUT2D eigenvalue weighted by molar-refractivity contribution is 5.30. The average Bonchev–Trinajstić information content (AvgIpc) is 2.31. The van der Waals surface area contributed by atoms with Crippen LogP contribution < -0.4 is 5.32 Å². The molecule has 0 saturated carbocycles. The van der Waals surface area contributed by atoms with Gasteiger partial charge in [-0.2, -0.15) is 0 Å². The molecule has 1 aliphatic rings. The SMILES string of the molecule is CC1CCNCC(C)c2ccccc2CC1. The number of benzene rings is 1. The lowest BCUT2D eigenvalue weighted by atomic mass is 9.89. The molecule has 0 bridgehead atoms. The van der Waals surface area contributed by atoms with Gasteiger partial charge in [-0.05, 0) is 48.8 Å². The molecule has 0 aromatic heterocycles. The molecular weight excluding hydrogens is 194 g/mol. The van der Waals surface area contributed by atoms with Crippen LogP contribution in [0.15, 0.2) is 24.3 Å². The Bertz CT molecular complexity index is 332. The summed E-state index contributed by atoms with van der Waals surface area (Å²) in [7, 11) is 0. The Morgan fingerprint density at radius 1 is 1.12 bits per heavy atom. The van der Waals surface area contributed by atoms with Crippen molar-refractivity contribution in [3.05, 3.63) is 35.4 Å². The van der Waals surface area contributed by atoms with Gasteiger partial charge in [0.05, 0.1) is 0 Å². The normalized spacial score (nSPS) is 27.1. The largest absolute Gasteiger partial charge is 0.316 e. The topological polar surface area (TPSA) is 12.0 Å². The minimum atomic E-state index is 0.643. The molecule has 2 atom stereocenters. The van der Waals surface area contributed by atoms with Crippen LogP contribution in [-0.2, 0) is 6.42 Å². The van der Waals surface area contributed by atoms with Crippen molar-refractivity contribution >= 4 is 0 Å². The van der Waals surface area contributed by atoms with Crippen LogP contribution in [0.5, 0.6) is 0 Å². The fourth-order valence-corrected chi connectivity index (χ4v) is 2.57. The summed E-state index contributed by atoms with van der Waals surface area (Å²) in [6, 6.07) is 8.95. The van der Waals surface area contributed by atoms with E-state index < -0.39 is 0 Å². The number of fused-ring (bicyclic) bond motifs is 1. The van der Waals surface area contributed by atoms with Crippen LogP contribution in [0.25, 0.3) is 0 Å². The fourth-order valence-electron chi connectivity index (χ4n) is 2.57. The highest BCUT2D eigenvalue weighted by Crippen LogP contribution is 2.23. The third-order valence-electron chi connectivity index (χ3n) is 3.76. The molecule has 2 unspecified atom stereocenters. The van der Waals surface area contributed by atoms with E-state index in [9.17, 15) is 0 Å². The van der Waals surface area contributed by atoms with Crippen LogP contribution in [0.3, 0.4) is 0 Å². The van der Waals surface area contributed by atoms with Crippen molar-refractivity contribution in [1.29, 1.82) is 0 Å². The summed E-state index contributed by atoms with van der Waals surface area (Å²) in [5.74, 6) is 1.48. The van der Waals surface area contributed by atoms with E-state index in [2.05, 4.69) is 43.4 Å². The Labute approximate surface area is 99.3 Å². The maximum atomic E-state index is 3.58. The van der Waals surface area contributed by atoms with E-state index in [-0.39, 0.29) is 0 Å². The van der Waals surface area contributed by atoms with E-state index in [1.54, 1.807) is 11.1 Å². The maximum Gasteiger partial charge on any atom is 0.00175 e. The first kappa shape index (κ1) is 11.7. The second kappa shape index (κ2) is 5.49. The van der Waals surface area contributed by atoms with Crippen LogP contribution >= 0.6 is 0 Å². The van der Waals surface area contributed by atoms with Gasteiger partial charge in [-0.3, -0.25) is 0 Å². The molecular formula is C15H23N. The van der Waals surface area contributed by atoms with Crippen molar-refractivity contribution in [2.45, 2.75) is 39.0 Å². The average molecular weight is 217 g/mol. The Morgan fingerprint density at radius 2 is 1.94 bits per heavy atom. The predicted molar refractivity (Wildman–Crippen MR) is 69.8 cm³/mol. The van der Waals surface area contributed by atoms with Gasteiger partial charge >= 0.3 is 0 Å². The van der Waals surface area contributed by atoms with Crippen LogP contribution in [0, 0.1) is 5.92 Å². The molecule has 0 amide bonds. The van der Waals surface area contributed by atoms with Gasteiger partial charge in [-0.1, -0.05) is 38.1 Å². The van der Waals surface area contributed by atoms with Crippen LogP contribution in [0.4, 0.5) is 0 Å². The predicted octanol–water partition coefficient (Wildman–Crippen LogP) is 3.35. The van der Waals surface area contributed by atoms with Crippen LogP contribution in [-0.4, -0.2) is 13.1 Å². The summed E-state index contributed by atoms with van der Waals surface area (Å²) in [5.41, 5.74) is 3.11. The van der Waals surface area contributed by atoms with E-state index in [1.165, 1.54) is 25.8 Å². The number of hydrogen-bond donors (Lipinski definition) is 1. The van der Waals surface area contributed by atoms with Gasteiger partial charge in [0.15, 0.2) is 0 Å². The summed E-state index contributed by atoms with van der Waals surface area (Å²) in [6.07, 6.45) is 3.89. The quantitative estimate of drug-likeness (QED) is 0.702. The molecule has 1 N–H and O–H groups in total. The second-order valence-electron chi connectivity index (χ2n) is 5.24. The molecule has 1 aromatic carbocycles. The monoisotopic (exact) mass is 217 g/mol. The summed E-state index contributed by atoms with van der Waals surface area (Å²) in [6.45, 7) is 6.99. The number of aryl methyl sites for hydroxylation is 1. The summed E-state index contributed by atoms with van der Waals surface area (Å²) in [5, 5.41) is 3.58. The first-order valence-corrected chi connectivity index (χ1v) is 6.56. The molecule has 0 spiro atoms. The second-order valence-corrected chi connectivity index (χ2v) is 5.24. The zero-order valence-corrected chi connectivity index (χ0v) is 10.5. The first-order chi connectivity index (χ1) is 7.77. The molecule has 1 aromatic rings. The molecule has 1 heterocycles. The zero-order valence-electron chi connectivity index (χ0n) is 10.5. The lowest BCUT2D eigenvalue weighted by molar-refractivity contribution is 0.455. The molecule has 2 rings (SSSR count). The van der Waals surface area contributed by atoms with Gasteiger partial charge in [0.1, 0.15) is 0 Å². The van der Waals surface area contributed by atoms with E-state index in [0.29, 0.717) is 5.92 Å². The van der Waals surface area contributed by atoms with Gasteiger partial charge in [-0.25, -0.2) is 0 Å². The number of nitrogens with one attached hydrogen (secondary N) is 1. The Kier molecular flexibility index (Phi) is 4.00. The van der Waals surface area contributed by atoms with Crippen LogP contribution in [0.1, 0.15) is 43.7 Å². The summed E-state index contributed by atoms with van der Waals surface area (Å²) in [4.78, 5) is 0. The van der Waals surface area contributed by atoms with Crippen molar-refractivity contribution in [3.8, 4) is 0 Å². The standard InChI is InChI=1S/C15H23N/c1-12-7-8-14-5-3-4-6-15(14)13(2)11-16-10-9-12/h3-6,12-13,16H,7-11H2,1-2H3. The van der Waals surface area contributed by atoms with E-state index in [0.717, 1.165) is 12.5 Å². The minimum Gasteiger partial charge on any atom is -0.316 e. The van der Waals surface area contributed by atoms with Gasteiger partial charge in [0, 0.05) is 6.54 Å². The van der Waals surface area contributed by atoms with Gasteiger partial charge < -0.3 is 5.32 Å². The Hall–Kier alpha value is -0.820. The molecule has 0 fully saturated rings. The lowest BCUT2D eigenvalue weighted by Gasteiger charge is -2.21. The van der Waals surface area contributed by atoms with Crippen molar-refractivity contribution in [2.75, 3.05) is 13.1 Å². The Morgan fingerprint density at radius 3 is 2.81 bits per heavy atom. The van der Waals surface area contributed by atoms with E-state index in [1.807, 2.05) is 0 Å². The number of hydrogen-bond acceptors (Lipinski definition) is 1. The maximum absolute atomic E-state index is 3.58. The molecule has 1 aliphatic heterocycles. The Balaban J connectivity index is 2.20. The van der Waals surface area contributed by atoms with Gasteiger partial charge in [0.25, 0.3) is 0 Å². The molecule has 0 aliphatic carbocycles.